The molecule has 0 N–H and O–H groups in total. The number of benzene rings is 2. The summed E-state index contributed by atoms with van der Waals surface area (Å²) in [6.45, 7) is 15.7. The van der Waals surface area contributed by atoms with E-state index in [1.54, 1.807) is 0 Å². The van der Waals surface area contributed by atoms with Crippen LogP contribution in [0.1, 0.15) is 85.3 Å². The van der Waals surface area contributed by atoms with Crippen LogP contribution in [-0.4, -0.2) is 23.2 Å². The minimum atomic E-state index is -1.59. The summed E-state index contributed by atoms with van der Waals surface area (Å²) in [5.74, 6) is 1.91. The van der Waals surface area contributed by atoms with Gasteiger partial charge >= 0.3 is 0 Å². The van der Waals surface area contributed by atoms with Crippen LogP contribution in [0.2, 0.25) is 0 Å². The normalized spacial score (nSPS) is 23.8. The fourth-order valence-corrected chi connectivity index (χ4v) is 7.18. The zero-order chi connectivity index (χ0) is 22.9. The van der Waals surface area contributed by atoms with Gasteiger partial charge in [0.2, 0.25) is 0 Å². The Morgan fingerprint density at radius 3 is 1.74 bits per heavy atom. The van der Waals surface area contributed by atoms with Crippen LogP contribution < -0.4 is 9.26 Å². The van der Waals surface area contributed by atoms with E-state index in [4.69, 9.17) is 9.26 Å². The standard InChI is InChI=1S/C28H41O2P/c1-9-27(6,10-2)29-24-16-12-22(13-17-24)26(4,5)23-14-18-25(19-15-23)30-31(8)21-20-28(31,7)11-3/h12-19H,8-11,20-21H2,1-7H3. The van der Waals surface area contributed by atoms with Gasteiger partial charge in [0.15, 0.2) is 0 Å². The second kappa shape index (κ2) is 8.70. The Labute approximate surface area is 190 Å². The number of ether oxygens (including phenoxy) is 1. The number of hydrogen-bond donors (Lipinski definition) is 0. The molecule has 1 saturated heterocycles. The molecule has 2 nitrogen and oxygen atoms in total. The van der Waals surface area contributed by atoms with Gasteiger partial charge in [0, 0.05) is 16.7 Å². The molecule has 0 aromatic heterocycles. The lowest BCUT2D eigenvalue weighted by Gasteiger charge is -2.51. The highest BCUT2D eigenvalue weighted by atomic mass is 31.2. The third-order valence-corrected chi connectivity index (χ3v) is 12.1. The average molecular weight is 441 g/mol. The molecule has 2 atom stereocenters. The first-order valence-electron chi connectivity index (χ1n) is 11.8. The quantitative estimate of drug-likeness (QED) is 0.365. The summed E-state index contributed by atoms with van der Waals surface area (Å²) in [5.41, 5.74) is 2.36. The molecule has 1 aliphatic heterocycles. The maximum Gasteiger partial charge on any atom is 0.123 e. The highest BCUT2D eigenvalue weighted by molar-refractivity contribution is 7.72. The van der Waals surface area contributed by atoms with Gasteiger partial charge in [-0.2, -0.15) is 0 Å². The minimum Gasteiger partial charge on any atom is -0.488 e. The van der Waals surface area contributed by atoms with Crippen LogP contribution in [0.5, 0.6) is 11.5 Å². The van der Waals surface area contributed by atoms with Gasteiger partial charge in [-0.05, 0) is 68.0 Å². The zero-order valence-electron chi connectivity index (χ0n) is 20.6. The molecule has 31 heavy (non-hydrogen) atoms. The Kier molecular flexibility index (Phi) is 6.73. The maximum atomic E-state index is 6.48. The molecular weight excluding hydrogens is 399 g/mol. The Bertz CT molecular complexity index is 918. The van der Waals surface area contributed by atoms with Crippen LogP contribution in [0, 0.1) is 0 Å². The van der Waals surface area contributed by atoms with Crippen molar-refractivity contribution in [3.05, 3.63) is 59.7 Å². The largest absolute Gasteiger partial charge is 0.488 e. The summed E-state index contributed by atoms with van der Waals surface area (Å²) in [7, 11) is -1.59. The molecule has 3 rings (SSSR count). The monoisotopic (exact) mass is 440 g/mol. The molecule has 0 radical (unpaired) electrons. The van der Waals surface area contributed by atoms with Gasteiger partial charge in [-0.25, -0.2) is 0 Å². The molecule has 170 valence electrons. The van der Waals surface area contributed by atoms with Crippen molar-refractivity contribution in [3.8, 4) is 11.5 Å². The lowest BCUT2D eigenvalue weighted by Crippen LogP contribution is -2.38. The summed E-state index contributed by atoms with van der Waals surface area (Å²) < 4.78 is 12.7. The highest BCUT2D eigenvalue weighted by Crippen LogP contribution is 2.69. The second-order valence-electron chi connectivity index (χ2n) is 10.2. The maximum absolute atomic E-state index is 6.48. The van der Waals surface area contributed by atoms with Gasteiger partial charge in [0.25, 0.3) is 0 Å². The SMILES string of the molecule is C=P1(Oc2ccc(C(C)(C)c3ccc(OC(C)(CC)CC)cc3)cc2)CCC1(C)CC. The Morgan fingerprint density at radius 2 is 1.35 bits per heavy atom. The van der Waals surface area contributed by atoms with Crippen molar-refractivity contribution < 1.29 is 9.26 Å². The summed E-state index contributed by atoms with van der Waals surface area (Å²) in [4.78, 5) is 0. The number of rotatable bonds is 9. The molecule has 0 spiro atoms. The van der Waals surface area contributed by atoms with E-state index in [1.807, 2.05) is 0 Å². The van der Waals surface area contributed by atoms with Crippen molar-refractivity contribution in [1.82, 2.24) is 0 Å². The summed E-state index contributed by atoms with van der Waals surface area (Å²) >= 11 is 0. The molecule has 1 heterocycles. The van der Waals surface area contributed by atoms with E-state index in [9.17, 15) is 0 Å². The summed E-state index contributed by atoms with van der Waals surface area (Å²) in [6.07, 6.45) is 10.0. The van der Waals surface area contributed by atoms with Crippen LogP contribution in [0.3, 0.4) is 0 Å². The first-order chi connectivity index (χ1) is 14.5. The van der Waals surface area contributed by atoms with Crippen molar-refractivity contribution in [3.63, 3.8) is 0 Å². The highest BCUT2D eigenvalue weighted by Gasteiger charge is 2.47. The van der Waals surface area contributed by atoms with Crippen molar-refractivity contribution in [1.29, 1.82) is 0 Å². The van der Waals surface area contributed by atoms with E-state index >= 15 is 0 Å². The van der Waals surface area contributed by atoms with Gasteiger partial charge < -0.3 is 9.26 Å². The molecule has 0 amide bonds. The van der Waals surface area contributed by atoms with E-state index in [-0.39, 0.29) is 16.2 Å². The topological polar surface area (TPSA) is 18.5 Å². The van der Waals surface area contributed by atoms with Gasteiger partial charge in [0.05, 0.1) is 7.11 Å². The van der Waals surface area contributed by atoms with Crippen LogP contribution in [0.15, 0.2) is 48.5 Å². The van der Waals surface area contributed by atoms with E-state index in [0.29, 0.717) is 0 Å². The van der Waals surface area contributed by atoms with Crippen molar-refractivity contribution in [2.45, 2.75) is 90.3 Å². The molecule has 3 heteroatoms. The van der Waals surface area contributed by atoms with Crippen LogP contribution >= 0.6 is 7.11 Å². The van der Waals surface area contributed by atoms with E-state index in [0.717, 1.165) is 36.9 Å². The summed E-state index contributed by atoms with van der Waals surface area (Å²) in [5, 5.41) is 0.278. The van der Waals surface area contributed by atoms with Crippen LogP contribution in [0.25, 0.3) is 0 Å². The third-order valence-electron chi connectivity index (χ3n) is 8.05. The van der Waals surface area contributed by atoms with Crippen LogP contribution in [0.4, 0.5) is 0 Å². The van der Waals surface area contributed by atoms with Gasteiger partial charge in [-0.1, -0.05) is 72.1 Å². The minimum absolute atomic E-state index is 0.0957. The Morgan fingerprint density at radius 1 is 0.871 bits per heavy atom. The van der Waals surface area contributed by atoms with Crippen molar-refractivity contribution in [2.24, 2.45) is 0 Å². The fourth-order valence-electron chi connectivity index (χ4n) is 4.28. The summed E-state index contributed by atoms with van der Waals surface area (Å²) in [6, 6.07) is 17.3. The zero-order valence-corrected chi connectivity index (χ0v) is 21.5. The number of hydrogen-bond acceptors (Lipinski definition) is 2. The molecule has 1 aliphatic rings. The smallest absolute Gasteiger partial charge is 0.123 e. The first-order valence-corrected chi connectivity index (χ1v) is 13.9. The molecule has 0 aliphatic carbocycles. The molecule has 0 bridgehead atoms. The third kappa shape index (κ3) is 4.61. The van der Waals surface area contributed by atoms with Crippen molar-refractivity contribution >= 4 is 13.4 Å². The molecule has 2 aromatic carbocycles. The van der Waals surface area contributed by atoms with Gasteiger partial charge in [-0.15, -0.1) is 0 Å². The van der Waals surface area contributed by atoms with E-state index < -0.39 is 7.11 Å². The van der Waals surface area contributed by atoms with Crippen LogP contribution in [-0.2, 0) is 5.41 Å². The second-order valence-corrected chi connectivity index (χ2v) is 13.7. The Hall–Kier alpha value is -1.66. The van der Waals surface area contributed by atoms with E-state index in [2.05, 4.69) is 103 Å². The fraction of sp³-hybridized carbons (Fsp3) is 0.536. The molecule has 1 fully saturated rings. The van der Waals surface area contributed by atoms with E-state index in [1.165, 1.54) is 17.5 Å². The Balaban J connectivity index is 1.74. The lowest BCUT2D eigenvalue weighted by atomic mass is 9.78. The molecule has 0 saturated carbocycles. The predicted molar refractivity (Wildman–Crippen MR) is 137 cm³/mol. The average Bonchev–Trinajstić information content (AvgIpc) is 2.78. The lowest BCUT2D eigenvalue weighted by molar-refractivity contribution is 0.0802. The van der Waals surface area contributed by atoms with Gasteiger partial charge in [0.1, 0.15) is 17.1 Å². The molecular formula is C28H41O2P. The van der Waals surface area contributed by atoms with Gasteiger partial charge in [-0.3, -0.25) is 0 Å². The first kappa shape index (κ1) is 24.0. The molecule has 2 aromatic rings. The predicted octanol–water partition coefficient (Wildman–Crippen LogP) is 8.29. The van der Waals surface area contributed by atoms with Crippen molar-refractivity contribution in [2.75, 3.05) is 6.16 Å². The molecule has 2 unspecified atom stereocenters.